The number of nitrogens with one attached hydrogen (secondary N) is 1. The zero-order valence-corrected chi connectivity index (χ0v) is 17.2. The lowest BCUT2D eigenvalue weighted by Gasteiger charge is -2.15. The number of aromatic nitrogens is 2. The number of nitrogens with zero attached hydrogens (tertiary/aromatic N) is 2. The minimum atomic E-state index is -0.602. The third-order valence-electron chi connectivity index (χ3n) is 4.79. The van der Waals surface area contributed by atoms with Gasteiger partial charge in [-0.05, 0) is 55.3 Å². The monoisotopic (exact) mass is 415 g/mol. The van der Waals surface area contributed by atoms with Crippen LogP contribution >= 0.6 is 11.6 Å². The summed E-state index contributed by atoms with van der Waals surface area (Å²) >= 11 is 6.09. The average Bonchev–Trinajstić information content (AvgIpc) is 2.68. The standard InChI is InChI=1S/C21H22ClN3O4/c1-13-4-6-16(10-14(13)2)25-20(27)17-7-5-15(22)11-18(17)24(21(25)28)12-19(26)23-8-9-29-3/h4-7,10-11H,8-9,12H2,1-3H3,(H,23,26). The van der Waals surface area contributed by atoms with E-state index in [4.69, 9.17) is 16.3 Å². The molecule has 0 aliphatic carbocycles. The summed E-state index contributed by atoms with van der Waals surface area (Å²) < 4.78 is 7.27. The number of hydrogen-bond acceptors (Lipinski definition) is 4. The molecule has 0 saturated carbocycles. The number of rotatable bonds is 6. The first-order chi connectivity index (χ1) is 13.8. The van der Waals surface area contributed by atoms with Gasteiger partial charge in [-0.15, -0.1) is 0 Å². The molecule has 0 aliphatic heterocycles. The van der Waals surface area contributed by atoms with E-state index in [9.17, 15) is 14.4 Å². The number of carbonyl (C=O) groups excluding carboxylic acids is 1. The molecule has 1 N–H and O–H groups in total. The molecule has 29 heavy (non-hydrogen) atoms. The first-order valence-electron chi connectivity index (χ1n) is 9.12. The molecule has 0 saturated heterocycles. The Morgan fingerprint density at radius 2 is 1.86 bits per heavy atom. The largest absolute Gasteiger partial charge is 0.383 e. The van der Waals surface area contributed by atoms with Gasteiger partial charge in [0.15, 0.2) is 0 Å². The molecular formula is C21H22ClN3O4. The molecule has 0 aliphatic rings. The maximum absolute atomic E-state index is 13.3. The van der Waals surface area contributed by atoms with Crippen LogP contribution in [-0.2, 0) is 16.1 Å². The summed E-state index contributed by atoms with van der Waals surface area (Å²) in [4.78, 5) is 38.7. The highest BCUT2D eigenvalue weighted by Gasteiger charge is 2.17. The molecule has 7 nitrogen and oxygen atoms in total. The van der Waals surface area contributed by atoms with Gasteiger partial charge in [-0.25, -0.2) is 9.36 Å². The molecule has 0 unspecified atom stereocenters. The van der Waals surface area contributed by atoms with E-state index >= 15 is 0 Å². The summed E-state index contributed by atoms with van der Waals surface area (Å²) in [6, 6.07) is 10.0. The molecule has 0 bridgehead atoms. The Morgan fingerprint density at radius 3 is 2.55 bits per heavy atom. The van der Waals surface area contributed by atoms with Crippen LogP contribution in [0, 0.1) is 13.8 Å². The van der Waals surface area contributed by atoms with Crippen molar-refractivity contribution in [2.24, 2.45) is 0 Å². The van der Waals surface area contributed by atoms with Crippen molar-refractivity contribution >= 4 is 28.4 Å². The van der Waals surface area contributed by atoms with E-state index < -0.39 is 11.2 Å². The lowest BCUT2D eigenvalue weighted by molar-refractivity contribution is -0.121. The predicted octanol–water partition coefficient (Wildman–Crippen LogP) is 2.19. The number of aryl methyl sites for hydroxylation is 2. The van der Waals surface area contributed by atoms with Gasteiger partial charge < -0.3 is 10.1 Å². The summed E-state index contributed by atoms with van der Waals surface area (Å²) in [6.07, 6.45) is 0. The topological polar surface area (TPSA) is 82.3 Å². The van der Waals surface area contributed by atoms with E-state index in [0.717, 1.165) is 15.7 Å². The molecule has 3 rings (SSSR count). The molecule has 152 valence electrons. The van der Waals surface area contributed by atoms with Gasteiger partial charge in [0.25, 0.3) is 5.56 Å². The zero-order chi connectivity index (χ0) is 21.1. The maximum atomic E-state index is 13.3. The fourth-order valence-electron chi connectivity index (χ4n) is 3.08. The first-order valence-corrected chi connectivity index (χ1v) is 9.49. The summed E-state index contributed by atoms with van der Waals surface area (Å²) in [5.41, 5.74) is 1.71. The molecule has 2 aromatic carbocycles. The molecule has 3 aromatic rings. The lowest BCUT2D eigenvalue weighted by Crippen LogP contribution is -2.42. The molecule has 0 fully saturated rings. The van der Waals surface area contributed by atoms with Crippen LogP contribution in [-0.4, -0.2) is 35.3 Å². The second kappa shape index (κ2) is 8.63. The normalized spacial score (nSPS) is 11.0. The minimum absolute atomic E-state index is 0.246. The van der Waals surface area contributed by atoms with Crippen LogP contribution in [0.4, 0.5) is 0 Å². The second-order valence-electron chi connectivity index (χ2n) is 6.78. The van der Waals surface area contributed by atoms with Gasteiger partial charge in [0, 0.05) is 18.7 Å². The fourth-order valence-corrected chi connectivity index (χ4v) is 3.24. The number of methoxy groups -OCH3 is 1. The number of ether oxygens (including phenoxy) is 1. The Morgan fingerprint density at radius 1 is 1.10 bits per heavy atom. The SMILES string of the molecule is COCCNC(=O)Cn1c(=O)n(-c2ccc(C)c(C)c2)c(=O)c2ccc(Cl)cc21. The van der Waals surface area contributed by atoms with Crippen LogP contribution in [0.1, 0.15) is 11.1 Å². The Balaban J connectivity index is 2.22. The van der Waals surface area contributed by atoms with Crippen LogP contribution < -0.4 is 16.6 Å². The van der Waals surface area contributed by atoms with E-state index in [0.29, 0.717) is 34.8 Å². The Labute approximate surface area is 172 Å². The quantitative estimate of drug-likeness (QED) is 0.625. The van der Waals surface area contributed by atoms with Crippen molar-refractivity contribution in [3.8, 4) is 5.69 Å². The highest BCUT2D eigenvalue weighted by molar-refractivity contribution is 6.31. The van der Waals surface area contributed by atoms with E-state index in [-0.39, 0.29) is 12.5 Å². The van der Waals surface area contributed by atoms with Crippen molar-refractivity contribution in [1.29, 1.82) is 0 Å². The molecule has 0 radical (unpaired) electrons. The Kier molecular flexibility index (Phi) is 6.20. The number of halogens is 1. The van der Waals surface area contributed by atoms with Crippen molar-refractivity contribution < 1.29 is 9.53 Å². The zero-order valence-electron chi connectivity index (χ0n) is 16.5. The smallest absolute Gasteiger partial charge is 0.336 e. The van der Waals surface area contributed by atoms with Crippen LogP contribution in [0.5, 0.6) is 0 Å². The number of fused-ring (bicyclic) bond motifs is 1. The number of benzene rings is 2. The predicted molar refractivity (Wildman–Crippen MR) is 113 cm³/mol. The summed E-state index contributed by atoms with van der Waals surface area (Å²) in [5, 5.41) is 3.36. The van der Waals surface area contributed by atoms with Gasteiger partial charge in [0.1, 0.15) is 6.54 Å². The maximum Gasteiger partial charge on any atom is 0.336 e. The molecule has 1 heterocycles. The van der Waals surface area contributed by atoms with E-state index in [1.54, 1.807) is 24.3 Å². The highest BCUT2D eigenvalue weighted by Crippen LogP contribution is 2.17. The molecule has 1 amide bonds. The molecule has 8 heteroatoms. The van der Waals surface area contributed by atoms with Crippen LogP contribution in [0.25, 0.3) is 16.6 Å². The Hall–Kier alpha value is -2.90. The van der Waals surface area contributed by atoms with E-state index in [1.165, 1.54) is 17.7 Å². The highest BCUT2D eigenvalue weighted by atomic mass is 35.5. The third-order valence-corrected chi connectivity index (χ3v) is 5.02. The number of carbonyl (C=O) groups is 1. The summed E-state index contributed by atoms with van der Waals surface area (Å²) in [6.45, 7) is 4.29. The molecule has 1 aromatic heterocycles. The van der Waals surface area contributed by atoms with Gasteiger partial charge in [-0.2, -0.15) is 0 Å². The van der Waals surface area contributed by atoms with Crippen molar-refractivity contribution in [2.75, 3.05) is 20.3 Å². The third kappa shape index (κ3) is 4.26. The van der Waals surface area contributed by atoms with Crippen LogP contribution in [0.15, 0.2) is 46.0 Å². The van der Waals surface area contributed by atoms with Gasteiger partial charge in [-0.3, -0.25) is 14.2 Å². The Bertz CT molecular complexity index is 1200. The van der Waals surface area contributed by atoms with Crippen molar-refractivity contribution in [3.05, 3.63) is 73.4 Å². The lowest BCUT2D eigenvalue weighted by atomic mass is 10.1. The van der Waals surface area contributed by atoms with Crippen LogP contribution in [0.2, 0.25) is 5.02 Å². The van der Waals surface area contributed by atoms with Gasteiger partial charge in [0.05, 0.1) is 23.2 Å². The first kappa shape index (κ1) is 20.8. The second-order valence-corrected chi connectivity index (χ2v) is 7.22. The number of hydrogen-bond donors (Lipinski definition) is 1. The van der Waals surface area contributed by atoms with Crippen molar-refractivity contribution in [3.63, 3.8) is 0 Å². The van der Waals surface area contributed by atoms with Gasteiger partial charge in [-0.1, -0.05) is 17.7 Å². The van der Waals surface area contributed by atoms with E-state index in [1.807, 2.05) is 19.9 Å². The molecule has 0 spiro atoms. The van der Waals surface area contributed by atoms with Gasteiger partial charge >= 0.3 is 5.69 Å². The fraction of sp³-hybridized carbons (Fsp3) is 0.286. The van der Waals surface area contributed by atoms with E-state index in [2.05, 4.69) is 5.32 Å². The van der Waals surface area contributed by atoms with Crippen molar-refractivity contribution in [1.82, 2.24) is 14.5 Å². The average molecular weight is 416 g/mol. The van der Waals surface area contributed by atoms with Crippen LogP contribution in [0.3, 0.4) is 0 Å². The van der Waals surface area contributed by atoms with Crippen molar-refractivity contribution in [2.45, 2.75) is 20.4 Å². The molecular weight excluding hydrogens is 394 g/mol. The number of amides is 1. The minimum Gasteiger partial charge on any atom is -0.383 e. The van der Waals surface area contributed by atoms with Gasteiger partial charge in [0.2, 0.25) is 5.91 Å². The molecule has 0 atom stereocenters. The summed E-state index contributed by atoms with van der Waals surface area (Å²) in [5.74, 6) is -0.365. The summed E-state index contributed by atoms with van der Waals surface area (Å²) in [7, 11) is 1.53.